The van der Waals surface area contributed by atoms with Gasteiger partial charge in [-0.15, -0.1) is 0 Å². The summed E-state index contributed by atoms with van der Waals surface area (Å²) in [6.07, 6.45) is 0.934. The van der Waals surface area contributed by atoms with Gasteiger partial charge in [-0.25, -0.2) is 0 Å². The van der Waals surface area contributed by atoms with Gasteiger partial charge in [0, 0.05) is 18.9 Å². The van der Waals surface area contributed by atoms with E-state index in [1.54, 1.807) is 19.1 Å². The fourth-order valence-electron chi connectivity index (χ4n) is 2.10. The number of hydrogen-bond donors (Lipinski definition) is 1. The number of rotatable bonds is 5. The van der Waals surface area contributed by atoms with Crippen LogP contribution >= 0.6 is 0 Å². The van der Waals surface area contributed by atoms with Crippen molar-refractivity contribution in [3.8, 4) is 5.75 Å². The third-order valence-electron chi connectivity index (χ3n) is 3.17. The number of likely N-dealkylation sites (tertiary alicyclic amines) is 1. The van der Waals surface area contributed by atoms with Crippen molar-refractivity contribution in [1.82, 2.24) is 4.90 Å². The smallest absolute Gasteiger partial charge is 0.232 e. The van der Waals surface area contributed by atoms with Gasteiger partial charge in [0.15, 0.2) is 0 Å². The van der Waals surface area contributed by atoms with Crippen LogP contribution < -0.4 is 10.5 Å². The molecule has 2 N–H and O–H groups in total. The zero-order chi connectivity index (χ0) is 13.8. The summed E-state index contributed by atoms with van der Waals surface area (Å²) in [4.78, 5) is 24.6. The first-order valence-corrected chi connectivity index (χ1v) is 6.41. The molecule has 0 spiro atoms. The fourth-order valence-corrected chi connectivity index (χ4v) is 2.10. The van der Waals surface area contributed by atoms with E-state index in [9.17, 15) is 9.59 Å². The largest absolute Gasteiger partial charge is 0.491 e. The summed E-state index contributed by atoms with van der Waals surface area (Å²) in [5.41, 5.74) is 6.33. The first kappa shape index (κ1) is 13.4. The number of amides is 2. The van der Waals surface area contributed by atoms with Crippen LogP contribution in [0.25, 0.3) is 0 Å². The zero-order valence-electron chi connectivity index (χ0n) is 11.0. The van der Waals surface area contributed by atoms with Crippen molar-refractivity contribution in [3.63, 3.8) is 0 Å². The summed E-state index contributed by atoms with van der Waals surface area (Å²) < 4.78 is 5.52. The van der Waals surface area contributed by atoms with E-state index in [0.29, 0.717) is 37.4 Å². The Hall–Kier alpha value is -2.04. The second kappa shape index (κ2) is 5.73. The van der Waals surface area contributed by atoms with E-state index in [1.165, 1.54) is 4.90 Å². The van der Waals surface area contributed by atoms with E-state index in [2.05, 4.69) is 0 Å². The maximum absolute atomic E-state index is 11.7. The van der Waals surface area contributed by atoms with Gasteiger partial charge in [-0.2, -0.15) is 0 Å². The van der Waals surface area contributed by atoms with Gasteiger partial charge in [0.2, 0.25) is 11.8 Å². The predicted molar refractivity (Wildman–Crippen MR) is 71.5 cm³/mol. The molecule has 1 unspecified atom stereocenters. The number of benzene rings is 1. The van der Waals surface area contributed by atoms with Crippen LogP contribution in [0.4, 0.5) is 5.69 Å². The molecule has 1 heterocycles. The molecule has 1 atom stereocenters. The van der Waals surface area contributed by atoms with E-state index in [0.717, 1.165) is 0 Å². The monoisotopic (exact) mass is 262 g/mol. The SMILES string of the molecule is CC1CC(=O)N(CCCOc2ccccc2N)C1=O. The lowest BCUT2D eigenvalue weighted by Gasteiger charge is -2.14. The molecular weight excluding hydrogens is 244 g/mol. The van der Waals surface area contributed by atoms with Gasteiger partial charge in [0.05, 0.1) is 12.3 Å². The molecule has 1 aromatic carbocycles. The summed E-state index contributed by atoms with van der Waals surface area (Å²) in [5.74, 6) is 0.286. The normalized spacial score (nSPS) is 19.0. The number of carbonyl (C=O) groups is 2. The van der Waals surface area contributed by atoms with Crippen LogP contribution in [0.3, 0.4) is 0 Å². The maximum Gasteiger partial charge on any atom is 0.232 e. The molecule has 2 rings (SSSR count). The molecule has 1 aromatic rings. The van der Waals surface area contributed by atoms with Crippen molar-refractivity contribution < 1.29 is 14.3 Å². The summed E-state index contributed by atoms with van der Waals surface area (Å²) in [6.45, 7) is 2.62. The molecule has 0 aromatic heterocycles. The number of para-hydroxylation sites is 2. The van der Waals surface area contributed by atoms with Gasteiger partial charge in [-0.05, 0) is 18.6 Å². The number of nitrogens with two attached hydrogens (primary N) is 1. The number of imide groups is 1. The van der Waals surface area contributed by atoms with Crippen LogP contribution in [-0.4, -0.2) is 29.9 Å². The Morgan fingerprint density at radius 2 is 2.11 bits per heavy atom. The summed E-state index contributed by atoms with van der Waals surface area (Å²) >= 11 is 0. The van der Waals surface area contributed by atoms with Gasteiger partial charge >= 0.3 is 0 Å². The average molecular weight is 262 g/mol. The Morgan fingerprint density at radius 3 is 2.74 bits per heavy atom. The van der Waals surface area contributed by atoms with E-state index in [1.807, 2.05) is 12.1 Å². The Kier molecular flexibility index (Phi) is 4.04. The van der Waals surface area contributed by atoms with Crippen LogP contribution in [0.1, 0.15) is 19.8 Å². The summed E-state index contributed by atoms with van der Waals surface area (Å²) in [7, 11) is 0. The Labute approximate surface area is 112 Å². The quantitative estimate of drug-likeness (QED) is 0.495. The van der Waals surface area contributed by atoms with Crippen molar-refractivity contribution in [2.24, 2.45) is 5.92 Å². The van der Waals surface area contributed by atoms with Gasteiger partial charge < -0.3 is 10.5 Å². The molecule has 0 bridgehead atoms. The third kappa shape index (κ3) is 3.05. The molecule has 2 amide bonds. The van der Waals surface area contributed by atoms with Gasteiger partial charge in [-0.1, -0.05) is 19.1 Å². The highest BCUT2D eigenvalue weighted by atomic mass is 16.5. The maximum atomic E-state index is 11.7. The molecule has 0 saturated carbocycles. The van der Waals surface area contributed by atoms with Gasteiger partial charge in [0.25, 0.3) is 0 Å². The van der Waals surface area contributed by atoms with E-state index >= 15 is 0 Å². The molecule has 1 fully saturated rings. The highest BCUT2D eigenvalue weighted by Gasteiger charge is 2.34. The van der Waals surface area contributed by atoms with E-state index in [-0.39, 0.29) is 17.7 Å². The van der Waals surface area contributed by atoms with Gasteiger partial charge in [-0.3, -0.25) is 14.5 Å². The Bertz CT molecular complexity index is 487. The molecule has 0 aliphatic carbocycles. The molecule has 102 valence electrons. The van der Waals surface area contributed by atoms with Crippen molar-refractivity contribution in [1.29, 1.82) is 0 Å². The molecule has 5 nitrogen and oxygen atoms in total. The Morgan fingerprint density at radius 1 is 1.37 bits per heavy atom. The second-order valence-electron chi connectivity index (χ2n) is 4.73. The van der Waals surface area contributed by atoms with Crippen molar-refractivity contribution >= 4 is 17.5 Å². The third-order valence-corrected chi connectivity index (χ3v) is 3.17. The van der Waals surface area contributed by atoms with Crippen molar-refractivity contribution in [2.45, 2.75) is 19.8 Å². The first-order chi connectivity index (χ1) is 9.09. The minimum Gasteiger partial charge on any atom is -0.491 e. The van der Waals surface area contributed by atoms with Crippen LogP contribution in [0.15, 0.2) is 24.3 Å². The highest BCUT2D eigenvalue weighted by molar-refractivity contribution is 6.03. The lowest BCUT2D eigenvalue weighted by atomic mass is 10.1. The average Bonchev–Trinajstić information content (AvgIpc) is 2.62. The second-order valence-corrected chi connectivity index (χ2v) is 4.73. The standard InChI is InChI=1S/C14H18N2O3/c1-10-9-13(17)16(14(10)18)7-4-8-19-12-6-3-2-5-11(12)15/h2-3,5-6,10H,4,7-9,15H2,1H3. The molecule has 0 radical (unpaired) electrons. The highest BCUT2D eigenvalue weighted by Crippen LogP contribution is 2.21. The van der Waals surface area contributed by atoms with Gasteiger partial charge in [0.1, 0.15) is 5.75 Å². The fraction of sp³-hybridized carbons (Fsp3) is 0.429. The number of carbonyl (C=O) groups excluding carboxylic acids is 2. The zero-order valence-corrected chi connectivity index (χ0v) is 11.0. The minimum absolute atomic E-state index is 0.0794. The summed E-state index contributed by atoms with van der Waals surface area (Å²) in [5, 5.41) is 0. The van der Waals surface area contributed by atoms with Crippen LogP contribution in [0.2, 0.25) is 0 Å². The van der Waals surface area contributed by atoms with Crippen LogP contribution in [0, 0.1) is 5.92 Å². The lowest BCUT2D eigenvalue weighted by molar-refractivity contribution is -0.139. The molecule has 1 aliphatic heterocycles. The number of ether oxygens (including phenoxy) is 1. The predicted octanol–water partition coefficient (Wildman–Crippen LogP) is 1.43. The number of anilines is 1. The molecule has 19 heavy (non-hydrogen) atoms. The van der Waals surface area contributed by atoms with Crippen molar-refractivity contribution in [3.05, 3.63) is 24.3 Å². The minimum atomic E-state index is -0.182. The Balaban J connectivity index is 1.77. The lowest BCUT2D eigenvalue weighted by Crippen LogP contribution is -2.32. The van der Waals surface area contributed by atoms with E-state index in [4.69, 9.17) is 10.5 Å². The van der Waals surface area contributed by atoms with Crippen LogP contribution in [0.5, 0.6) is 5.75 Å². The summed E-state index contributed by atoms with van der Waals surface area (Å²) in [6, 6.07) is 7.25. The molecule has 5 heteroatoms. The number of hydrogen-bond acceptors (Lipinski definition) is 4. The van der Waals surface area contributed by atoms with Crippen molar-refractivity contribution in [2.75, 3.05) is 18.9 Å². The molecule has 1 saturated heterocycles. The van der Waals surface area contributed by atoms with E-state index < -0.39 is 0 Å². The number of nitrogen functional groups attached to an aromatic ring is 1. The first-order valence-electron chi connectivity index (χ1n) is 6.41. The topological polar surface area (TPSA) is 72.6 Å². The van der Waals surface area contributed by atoms with Crippen LogP contribution in [-0.2, 0) is 9.59 Å². The number of nitrogens with zero attached hydrogens (tertiary/aromatic N) is 1. The molecule has 1 aliphatic rings. The molecular formula is C14H18N2O3.